The number of carbonyl (C=O) groups is 2. The molecule has 1 saturated heterocycles. The average molecular weight is 324 g/mol. The standard InChI is InChI=1S/C16H18ClNO4/c1-10-7-14(19)18(16(10)20)4-3-11-8-12(17)15-13(9-11)21-5-2-6-22-15/h8-10H,2-7H2,1H3. The fraction of sp³-hybridized carbons (Fsp3) is 0.500. The largest absolute Gasteiger partial charge is 0.489 e. The SMILES string of the molecule is CC1CC(=O)N(CCc2cc(Cl)c3c(c2)OCCCO3)C1=O. The van der Waals surface area contributed by atoms with Crippen LogP contribution in [-0.2, 0) is 16.0 Å². The van der Waals surface area contributed by atoms with Crippen LogP contribution < -0.4 is 9.47 Å². The first-order chi connectivity index (χ1) is 10.6. The van der Waals surface area contributed by atoms with Crippen LogP contribution in [0.5, 0.6) is 11.5 Å². The number of carbonyl (C=O) groups excluding carboxylic acids is 2. The second-order valence-corrected chi connectivity index (χ2v) is 6.10. The first kappa shape index (κ1) is 15.2. The maximum atomic E-state index is 11.9. The van der Waals surface area contributed by atoms with Crippen molar-refractivity contribution in [2.45, 2.75) is 26.2 Å². The Morgan fingerprint density at radius 3 is 2.77 bits per heavy atom. The van der Waals surface area contributed by atoms with Gasteiger partial charge in [-0.3, -0.25) is 14.5 Å². The van der Waals surface area contributed by atoms with Crippen molar-refractivity contribution in [2.75, 3.05) is 19.8 Å². The summed E-state index contributed by atoms with van der Waals surface area (Å²) in [7, 11) is 0. The second-order valence-electron chi connectivity index (χ2n) is 5.69. The number of rotatable bonds is 3. The van der Waals surface area contributed by atoms with E-state index in [1.54, 1.807) is 6.92 Å². The molecule has 0 N–H and O–H groups in total. The van der Waals surface area contributed by atoms with E-state index in [1.165, 1.54) is 4.90 Å². The summed E-state index contributed by atoms with van der Waals surface area (Å²) < 4.78 is 11.2. The molecule has 1 fully saturated rings. The lowest BCUT2D eigenvalue weighted by atomic mass is 10.1. The van der Waals surface area contributed by atoms with E-state index in [9.17, 15) is 9.59 Å². The molecular formula is C16H18ClNO4. The highest BCUT2D eigenvalue weighted by molar-refractivity contribution is 6.32. The van der Waals surface area contributed by atoms with Crippen LogP contribution in [-0.4, -0.2) is 36.5 Å². The van der Waals surface area contributed by atoms with Crippen LogP contribution in [0.4, 0.5) is 0 Å². The number of fused-ring (bicyclic) bond motifs is 1. The molecule has 3 rings (SSSR count). The van der Waals surface area contributed by atoms with Crippen molar-refractivity contribution in [3.05, 3.63) is 22.7 Å². The van der Waals surface area contributed by atoms with E-state index in [1.807, 2.05) is 12.1 Å². The summed E-state index contributed by atoms with van der Waals surface area (Å²) in [6, 6.07) is 3.69. The van der Waals surface area contributed by atoms with E-state index in [0.29, 0.717) is 49.1 Å². The van der Waals surface area contributed by atoms with Crippen LogP contribution in [0.15, 0.2) is 12.1 Å². The summed E-state index contributed by atoms with van der Waals surface area (Å²) in [6.45, 7) is 3.33. The number of nitrogens with zero attached hydrogens (tertiary/aromatic N) is 1. The fourth-order valence-electron chi connectivity index (χ4n) is 2.75. The number of hydrogen-bond donors (Lipinski definition) is 0. The Morgan fingerprint density at radius 2 is 2.05 bits per heavy atom. The van der Waals surface area contributed by atoms with E-state index in [2.05, 4.69) is 0 Å². The van der Waals surface area contributed by atoms with Gasteiger partial charge >= 0.3 is 0 Å². The Hall–Kier alpha value is -1.75. The average Bonchev–Trinajstić information content (AvgIpc) is 2.68. The first-order valence-corrected chi connectivity index (χ1v) is 7.86. The number of benzene rings is 1. The molecule has 1 unspecified atom stereocenters. The number of imide groups is 1. The van der Waals surface area contributed by atoms with E-state index in [-0.39, 0.29) is 17.7 Å². The van der Waals surface area contributed by atoms with Gasteiger partial charge in [0.15, 0.2) is 11.5 Å². The maximum absolute atomic E-state index is 11.9. The molecule has 2 aliphatic heterocycles. The molecule has 0 bridgehead atoms. The highest BCUT2D eigenvalue weighted by atomic mass is 35.5. The summed E-state index contributed by atoms with van der Waals surface area (Å²) in [4.78, 5) is 25.0. The maximum Gasteiger partial charge on any atom is 0.232 e. The summed E-state index contributed by atoms with van der Waals surface area (Å²) in [5, 5.41) is 0.502. The van der Waals surface area contributed by atoms with E-state index >= 15 is 0 Å². The third-order valence-electron chi connectivity index (χ3n) is 3.96. The van der Waals surface area contributed by atoms with Gasteiger partial charge in [-0.2, -0.15) is 0 Å². The summed E-state index contributed by atoms with van der Waals surface area (Å²) >= 11 is 6.24. The molecular weight excluding hydrogens is 306 g/mol. The Labute approximate surface area is 134 Å². The molecule has 0 spiro atoms. The molecule has 0 saturated carbocycles. The van der Waals surface area contributed by atoms with Gasteiger partial charge in [0.1, 0.15) is 0 Å². The van der Waals surface area contributed by atoms with Gasteiger partial charge in [0, 0.05) is 25.3 Å². The van der Waals surface area contributed by atoms with Crippen molar-refractivity contribution >= 4 is 23.4 Å². The predicted molar refractivity (Wildman–Crippen MR) is 81.3 cm³/mol. The molecule has 2 heterocycles. The molecule has 2 aliphatic rings. The summed E-state index contributed by atoms with van der Waals surface area (Å²) in [5.41, 5.74) is 0.925. The molecule has 5 nitrogen and oxygen atoms in total. The fourth-order valence-corrected chi connectivity index (χ4v) is 3.04. The van der Waals surface area contributed by atoms with Crippen molar-refractivity contribution < 1.29 is 19.1 Å². The number of halogens is 1. The topological polar surface area (TPSA) is 55.8 Å². The van der Waals surface area contributed by atoms with Gasteiger partial charge in [0.25, 0.3) is 0 Å². The Kier molecular flexibility index (Phi) is 4.25. The van der Waals surface area contributed by atoms with Crippen molar-refractivity contribution in [3.63, 3.8) is 0 Å². The minimum Gasteiger partial charge on any atom is -0.489 e. The zero-order valence-electron chi connectivity index (χ0n) is 12.4. The van der Waals surface area contributed by atoms with E-state index in [4.69, 9.17) is 21.1 Å². The predicted octanol–water partition coefficient (Wildman–Crippen LogP) is 2.44. The molecule has 0 radical (unpaired) electrons. The Bertz CT molecular complexity index is 616. The van der Waals surface area contributed by atoms with Crippen LogP contribution in [0.2, 0.25) is 5.02 Å². The van der Waals surface area contributed by atoms with E-state index in [0.717, 1.165) is 12.0 Å². The Balaban J connectivity index is 1.73. The van der Waals surface area contributed by atoms with Crippen molar-refractivity contribution in [3.8, 4) is 11.5 Å². The normalized spacial score (nSPS) is 21.2. The summed E-state index contributed by atoms with van der Waals surface area (Å²) in [5.74, 6) is 0.806. The highest BCUT2D eigenvalue weighted by Crippen LogP contribution is 2.38. The van der Waals surface area contributed by atoms with Crippen molar-refractivity contribution in [1.82, 2.24) is 4.90 Å². The van der Waals surface area contributed by atoms with Crippen LogP contribution in [0.1, 0.15) is 25.3 Å². The van der Waals surface area contributed by atoms with Gasteiger partial charge in [-0.1, -0.05) is 18.5 Å². The Morgan fingerprint density at radius 1 is 1.27 bits per heavy atom. The number of ether oxygens (including phenoxy) is 2. The van der Waals surface area contributed by atoms with Crippen LogP contribution >= 0.6 is 11.6 Å². The van der Waals surface area contributed by atoms with Gasteiger partial charge in [-0.25, -0.2) is 0 Å². The van der Waals surface area contributed by atoms with Crippen LogP contribution in [0.3, 0.4) is 0 Å². The lowest BCUT2D eigenvalue weighted by Crippen LogP contribution is -2.32. The van der Waals surface area contributed by atoms with Gasteiger partial charge in [-0.15, -0.1) is 0 Å². The molecule has 6 heteroatoms. The van der Waals surface area contributed by atoms with E-state index < -0.39 is 0 Å². The minimum atomic E-state index is -0.208. The third-order valence-corrected chi connectivity index (χ3v) is 4.24. The highest BCUT2D eigenvalue weighted by Gasteiger charge is 2.35. The minimum absolute atomic E-state index is 0.0922. The van der Waals surface area contributed by atoms with Gasteiger partial charge in [0.05, 0.1) is 18.2 Å². The second kappa shape index (κ2) is 6.16. The molecule has 1 aromatic rings. The molecule has 1 atom stereocenters. The lowest BCUT2D eigenvalue weighted by molar-refractivity contribution is -0.139. The van der Waals surface area contributed by atoms with Crippen molar-refractivity contribution in [2.24, 2.45) is 5.92 Å². The first-order valence-electron chi connectivity index (χ1n) is 7.48. The number of hydrogen-bond acceptors (Lipinski definition) is 4. The molecule has 0 aromatic heterocycles. The molecule has 22 heavy (non-hydrogen) atoms. The monoisotopic (exact) mass is 323 g/mol. The summed E-state index contributed by atoms with van der Waals surface area (Å²) in [6.07, 6.45) is 1.68. The smallest absolute Gasteiger partial charge is 0.232 e. The third kappa shape index (κ3) is 2.90. The van der Waals surface area contributed by atoms with Crippen LogP contribution in [0, 0.1) is 5.92 Å². The van der Waals surface area contributed by atoms with Gasteiger partial charge in [-0.05, 0) is 24.1 Å². The quantitative estimate of drug-likeness (QED) is 0.802. The molecule has 0 aliphatic carbocycles. The number of likely N-dealkylation sites (tertiary alicyclic amines) is 1. The van der Waals surface area contributed by atoms with Gasteiger partial charge < -0.3 is 9.47 Å². The molecule has 118 valence electrons. The van der Waals surface area contributed by atoms with Gasteiger partial charge in [0.2, 0.25) is 11.8 Å². The zero-order chi connectivity index (χ0) is 15.7. The van der Waals surface area contributed by atoms with Crippen molar-refractivity contribution in [1.29, 1.82) is 0 Å². The zero-order valence-corrected chi connectivity index (χ0v) is 13.2. The van der Waals surface area contributed by atoms with Crippen LogP contribution in [0.25, 0.3) is 0 Å². The molecule has 2 amide bonds. The lowest BCUT2D eigenvalue weighted by Gasteiger charge is -2.16. The number of amides is 2. The molecule has 1 aromatic carbocycles.